The van der Waals surface area contributed by atoms with Crippen molar-refractivity contribution in [3.05, 3.63) is 99.5 Å². The van der Waals surface area contributed by atoms with Gasteiger partial charge in [-0.3, -0.25) is 13.9 Å². The molecule has 1 atom stereocenters. The molecule has 3 aromatic carbocycles. The van der Waals surface area contributed by atoms with Crippen molar-refractivity contribution in [1.29, 1.82) is 0 Å². The first-order chi connectivity index (χ1) is 19.6. The van der Waals surface area contributed by atoms with Crippen molar-refractivity contribution >= 4 is 50.7 Å². The number of amides is 2. The van der Waals surface area contributed by atoms with Gasteiger partial charge in [0, 0.05) is 41.5 Å². The Hall–Kier alpha value is -3.07. The molecule has 1 N–H and O–H groups in total. The molecular weight excluding hydrogens is 593 g/mol. The summed E-state index contributed by atoms with van der Waals surface area (Å²) < 4.78 is 26.7. The van der Waals surface area contributed by atoms with Crippen LogP contribution in [0.4, 0.5) is 5.69 Å². The van der Waals surface area contributed by atoms with Crippen LogP contribution in [0.25, 0.3) is 0 Å². The highest BCUT2D eigenvalue weighted by molar-refractivity contribution is 7.92. The minimum atomic E-state index is -3.65. The van der Waals surface area contributed by atoms with Gasteiger partial charge in [-0.25, -0.2) is 8.42 Å². The number of hydrogen-bond acceptors (Lipinski definition) is 4. The minimum Gasteiger partial charge on any atom is -0.350 e. The van der Waals surface area contributed by atoms with E-state index in [4.69, 9.17) is 23.2 Å². The monoisotopic (exact) mass is 631 g/mol. The molecule has 10 heteroatoms. The maximum atomic E-state index is 13.9. The van der Waals surface area contributed by atoms with Crippen LogP contribution in [0.2, 0.25) is 10.0 Å². The molecular formula is C32H39Cl2N3O4S. The quantitative estimate of drug-likeness (QED) is 0.250. The number of carbonyl (C=O) groups excluding carboxylic acids is 2. The Balaban J connectivity index is 1.92. The zero-order valence-corrected chi connectivity index (χ0v) is 27.1. The van der Waals surface area contributed by atoms with Crippen molar-refractivity contribution in [1.82, 2.24) is 10.2 Å². The highest BCUT2D eigenvalue weighted by atomic mass is 35.5. The normalized spacial score (nSPS) is 12.5. The third kappa shape index (κ3) is 10.0. The molecule has 0 saturated carbocycles. The van der Waals surface area contributed by atoms with E-state index in [1.807, 2.05) is 70.2 Å². The van der Waals surface area contributed by atoms with Crippen LogP contribution in [0.1, 0.15) is 50.3 Å². The molecule has 42 heavy (non-hydrogen) atoms. The van der Waals surface area contributed by atoms with Gasteiger partial charge >= 0.3 is 0 Å². The summed E-state index contributed by atoms with van der Waals surface area (Å²) in [6, 6.07) is 21.0. The van der Waals surface area contributed by atoms with Crippen molar-refractivity contribution in [2.24, 2.45) is 0 Å². The number of anilines is 1. The first kappa shape index (κ1) is 33.4. The molecule has 3 rings (SSSR count). The Morgan fingerprint density at radius 3 is 2.12 bits per heavy atom. The second-order valence-electron chi connectivity index (χ2n) is 11.5. The molecule has 226 valence electrons. The van der Waals surface area contributed by atoms with E-state index in [1.54, 1.807) is 35.2 Å². The molecule has 0 aliphatic heterocycles. The molecule has 3 aromatic rings. The summed E-state index contributed by atoms with van der Waals surface area (Å²) in [5, 5.41) is 4.03. The van der Waals surface area contributed by atoms with Gasteiger partial charge in [0.05, 0.1) is 11.9 Å². The van der Waals surface area contributed by atoms with E-state index in [0.717, 1.165) is 22.9 Å². The summed E-state index contributed by atoms with van der Waals surface area (Å²) in [6.07, 6.45) is 1.73. The summed E-state index contributed by atoms with van der Waals surface area (Å²) in [5.74, 6) is -0.521. The minimum absolute atomic E-state index is 0.0350. The molecule has 0 aliphatic rings. The van der Waals surface area contributed by atoms with Gasteiger partial charge in [0.15, 0.2) is 0 Å². The lowest BCUT2D eigenvalue weighted by Crippen LogP contribution is -2.54. The maximum Gasteiger partial charge on any atom is 0.243 e. The number of benzene rings is 3. The number of aryl methyl sites for hydroxylation is 1. The third-order valence-electron chi connectivity index (χ3n) is 6.63. The van der Waals surface area contributed by atoms with E-state index in [-0.39, 0.29) is 37.7 Å². The van der Waals surface area contributed by atoms with Crippen LogP contribution in [-0.4, -0.2) is 49.5 Å². The van der Waals surface area contributed by atoms with E-state index in [1.165, 1.54) is 4.31 Å². The van der Waals surface area contributed by atoms with E-state index in [0.29, 0.717) is 22.2 Å². The molecule has 0 saturated heterocycles. The van der Waals surface area contributed by atoms with Crippen LogP contribution < -0.4 is 9.62 Å². The van der Waals surface area contributed by atoms with E-state index >= 15 is 0 Å². The summed E-state index contributed by atoms with van der Waals surface area (Å²) in [4.78, 5) is 29.2. The fourth-order valence-electron chi connectivity index (χ4n) is 4.63. The molecule has 2 amide bonds. The first-order valence-corrected chi connectivity index (χ1v) is 16.4. The molecule has 0 bridgehead atoms. The van der Waals surface area contributed by atoms with Gasteiger partial charge in [-0.15, -0.1) is 0 Å². The SMILES string of the molecule is Cc1ccc(Cl)cc1N(CCCC(=O)N(Cc1ccc(Cl)cc1)[C@@H](Cc1ccccc1)C(=O)NC(C)(C)C)S(C)(=O)=O. The largest absolute Gasteiger partial charge is 0.350 e. The predicted octanol–water partition coefficient (Wildman–Crippen LogP) is 6.40. The molecule has 0 radical (unpaired) electrons. The lowest BCUT2D eigenvalue weighted by atomic mass is 10.00. The van der Waals surface area contributed by atoms with Crippen molar-refractivity contribution in [2.45, 2.75) is 65.1 Å². The van der Waals surface area contributed by atoms with Crippen LogP contribution in [0, 0.1) is 6.92 Å². The Labute approximate surface area is 259 Å². The van der Waals surface area contributed by atoms with Gasteiger partial charge in [0.1, 0.15) is 6.04 Å². The lowest BCUT2D eigenvalue weighted by Gasteiger charge is -2.34. The van der Waals surface area contributed by atoms with Gasteiger partial charge in [-0.2, -0.15) is 0 Å². The summed E-state index contributed by atoms with van der Waals surface area (Å²) in [5.41, 5.74) is 2.46. The zero-order valence-electron chi connectivity index (χ0n) is 24.7. The van der Waals surface area contributed by atoms with Crippen LogP contribution >= 0.6 is 23.2 Å². The van der Waals surface area contributed by atoms with E-state index < -0.39 is 21.6 Å². The second-order valence-corrected chi connectivity index (χ2v) is 14.2. The smallest absolute Gasteiger partial charge is 0.243 e. The Kier molecular flexibility index (Phi) is 11.5. The fourth-order valence-corrected chi connectivity index (χ4v) is 5.93. The van der Waals surface area contributed by atoms with E-state index in [9.17, 15) is 18.0 Å². The van der Waals surface area contributed by atoms with E-state index in [2.05, 4.69) is 5.32 Å². The average Bonchev–Trinajstić information content (AvgIpc) is 2.90. The first-order valence-electron chi connectivity index (χ1n) is 13.8. The van der Waals surface area contributed by atoms with Gasteiger partial charge < -0.3 is 10.2 Å². The van der Waals surface area contributed by atoms with Crippen molar-refractivity contribution in [3.63, 3.8) is 0 Å². The Morgan fingerprint density at radius 2 is 1.52 bits per heavy atom. The number of rotatable bonds is 12. The van der Waals surface area contributed by atoms with Crippen molar-refractivity contribution in [2.75, 3.05) is 17.1 Å². The highest BCUT2D eigenvalue weighted by Crippen LogP contribution is 2.27. The molecule has 0 spiro atoms. The third-order valence-corrected chi connectivity index (χ3v) is 8.29. The number of carbonyl (C=O) groups is 2. The number of hydrogen-bond donors (Lipinski definition) is 1. The molecule has 0 heterocycles. The number of sulfonamides is 1. The van der Waals surface area contributed by atoms with Crippen LogP contribution in [0.3, 0.4) is 0 Å². The summed E-state index contributed by atoms with van der Waals surface area (Å²) in [6.45, 7) is 7.77. The zero-order chi connectivity index (χ0) is 31.1. The number of halogens is 2. The van der Waals surface area contributed by atoms with Crippen LogP contribution in [0.15, 0.2) is 72.8 Å². The summed E-state index contributed by atoms with van der Waals surface area (Å²) >= 11 is 12.3. The van der Waals surface area contributed by atoms with Crippen LogP contribution in [0.5, 0.6) is 0 Å². The van der Waals surface area contributed by atoms with Crippen molar-refractivity contribution in [3.8, 4) is 0 Å². The summed E-state index contributed by atoms with van der Waals surface area (Å²) in [7, 11) is -3.65. The Morgan fingerprint density at radius 1 is 0.905 bits per heavy atom. The molecule has 0 unspecified atom stereocenters. The maximum absolute atomic E-state index is 13.9. The standard InChI is InChI=1S/C32H39Cl2N3O4S/c1-23-13-16-27(34)21-28(23)37(42(5,40)41)19-9-12-30(38)36(22-25-14-17-26(33)18-15-25)29(31(39)35-32(2,3)4)20-24-10-7-6-8-11-24/h6-8,10-11,13-18,21,29H,9,12,19-20,22H2,1-5H3,(H,35,39)/t29-/m0/s1. The van der Waals surface area contributed by atoms with Gasteiger partial charge in [-0.1, -0.05) is 71.7 Å². The lowest BCUT2D eigenvalue weighted by molar-refractivity contribution is -0.142. The fraction of sp³-hybridized carbons (Fsp3) is 0.375. The topological polar surface area (TPSA) is 86.8 Å². The van der Waals surface area contributed by atoms with Gasteiger partial charge in [-0.05, 0) is 75.1 Å². The second kappa shape index (κ2) is 14.4. The van der Waals surface area contributed by atoms with Gasteiger partial charge in [0.25, 0.3) is 0 Å². The highest BCUT2D eigenvalue weighted by Gasteiger charge is 2.32. The molecule has 0 fully saturated rings. The number of nitrogens with zero attached hydrogens (tertiary/aromatic N) is 2. The average molecular weight is 633 g/mol. The van der Waals surface area contributed by atoms with Crippen molar-refractivity contribution < 1.29 is 18.0 Å². The Bertz CT molecular complexity index is 1470. The molecule has 0 aromatic heterocycles. The number of nitrogens with one attached hydrogen (secondary N) is 1. The van der Waals surface area contributed by atoms with Crippen LogP contribution in [-0.2, 0) is 32.6 Å². The molecule has 7 nitrogen and oxygen atoms in total. The molecule has 0 aliphatic carbocycles. The van der Waals surface area contributed by atoms with Gasteiger partial charge in [0.2, 0.25) is 21.8 Å². The predicted molar refractivity (Wildman–Crippen MR) is 171 cm³/mol.